The Labute approximate surface area is 140 Å². The van der Waals surface area contributed by atoms with Gasteiger partial charge >= 0.3 is 0 Å². The van der Waals surface area contributed by atoms with E-state index in [1.165, 1.54) is 25.7 Å². The van der Waals surface area contributed by atoms with E-state index in [0.717, 1.165) is 45.3 Å². The maximum atomic E-state index is 13.1. The molecule has 3 atom stereocenters. The van der Waals surface area contributed by atoms with Gasteiger partial charge in [0.15, 0.2) is 0 Å². The van der Waals surface area contributed by atoms with Gasteiger partial charge in [-0.1, -0.05) is 19.3 Å². The lowest BCUT2D eigenvalue weighted by Crippen LogP contribution is -2.47. The van der Waals surface area contributed by atoms with Crippen LogP contribution in [0.5, 0.6) is 0 Å². The molecule has 4 nitrogen and oxygen atoms in total. The summed E-state index contributed by atoms with van der Waals surface area (Å²) >= 11 is 0. The molecule has 0 aromatic carbocycles. The van der Waals surface area contributed by atoms with Crippen molar-refractivity contribution < 1.29 is 9.53 Å². The molecule has 0 aromatic rings. The number of hydrogen-bond donors (Lipinski definition) is 1. The van der Waals surface area contributed by atoms with E-state index in [1.807, 2.05) is 0 Å². The molecular formula is C17H31ClN2O2. The summed E-state index contributed by atoms with van der Waals surface area (Å²) in [4.78, 5) is 15.3. The second-order valence-electron chi connectivity index (χ2n) is 7.10. The normalized spacial score (nSPS) is 32.1. The fourth-order valence-electron chi connectivity index (χ4n) is 4.50. The van der Waals surface area contributed by atoms with Crippen LogP contribution in [0.1, 0.15) is 57.8 Å². The molecule has 1 amide bonds. The van der Waals surface area contributed by atoms with Crippen LogP contribution >= 0.6 is 12.4 Å². The minimum atomic E-state index is 0. The Morgan fingerprint density at radius 1 is 1.05 bits per heavy atom. The van der Waals surface area contributed by atoms with Crippen LogP contribution in [0.15, 0.2) is 0 Å². The largest absolute Gasteiger partial charge is 0.376 e. The highest BCUT2D eigenvalue weighted by Gasteiger charge is 2.38. The molecule has 22 heavy (non-hydrogen) atoms. The first-order chi connectivity index (χ1) is 10.3. The van der Waals surface area contributed by atoms with Crippen LogP contribution in [-0.4, -0.2) is 42.6 Å². The molecule has 2 N–H and O–H groups in total. The number of hydrogen-bond acceptors (Lipinski definition) is 3. The first-order valence-corrected chi connectivity index (χ1v) is 8.91. The topological polar surface area (TPSA) is 55.6 Å². The van der Waals surface area contributed by atoms with Gasteiger partial charge in [-0.3, -0.25) is 4.79 Å². The molecule has 0 aromatic heterocycles. The Balaban J connectivity index is 0.00000176. The Kier molecular flexibility index (Phi) is 6.97. The van der Waals surface area contributed by atoms with Crippen molar-refractivity contribution in [2.24, 2.45) is 17.6 Å². The molecule has 128 valence electrons. The van der Waals surface area contributed by atoms with Crippen molar-refractivity contribution in [1.29, 1.82) is 0 Å². The number of amides is 1. The summed E-state index contributed by atoms with van der Waals surface area (Å²) in [6.07, 6.45) is 10.8. The van der Waals surface area contributed by atoms with E-state index in [1.54, 1.807) is 0 Å². The Hall–Kier alpha value is -0.320. The summed E-state index contributed by atoms with van der Waals surface area (Å²) in [5.74, 6) is 0.966. The standard InChI is InChI=1S/C17H30N2O2.ClH/c18-11-13-5-3-9-16(13)17(20)19(14-6-1-2-7-14)12-15-8-4-10-21-15;/h13-16H,1-12,18H2;1H/t13-,15?,16-;/m1./s1. The van der Waals surface area contributed by atoms with Crippen LogP contribution in [-0.2, 0) is 9.53 Å². The molecule has 5 heteroatoms. The zero-order chi connectivity index (χ0) is 14.7. The van der Waals surface area contributed by atoms with Crippen LogP contribution in [0.25, 0.3) is 0 Å². The second-order valence-corrected chi connectivity index (χ2v) is 7.10. The van der Waals surface area contributed by atoms with E-state index in [4.69, 9.17) is 10.5 Å². The van der Waals surface area contributed by atoms with E-state index in [0.29, 0.717) is 24.4 Å². The summed E-state index contributed by atoms with van der Waals surface area (Å²) in [6, 6.07) is 0.459. The van der Waals surface area contributed by atoms with Gasteiger partial charge in [-0.25, -0.2) is 0 Å². The molecule has 3 rings (SSSR count). The lowest BCUT2D eigenvalue weighted by atomic mass is 9.93. The van der Waals surface area contributed by atoms with Gasteiger partial charge in [-0.15, -0.1) is 12.4 Å². The van der Waals surface area contributed by atoms with Gasteiger partial charge < -0.3 is 15.4 Å². The van der Waals surface area contributed by atoms with E-state index in [9.17, 15) is 4.79 Å². The van der Waals surface area contributed by atoms with Crippen molar-refractivity contribution in [2.75, 3.05) is 19.7 Å². The first kappa shape index (κ1) is 18.0. The fraction of sp³-hybridized carbons (Fsp3) is 0.941. The minimum absolute atomic E-state index is 0. The summed E-state index contributed by atoms with van der Waals surface area (Å²) in [5, 5.41) is 0. The van der Waals surface area contributed by atoms with Crippen molar-refractivity contribution in [2.45, 2.75) is 69.9 Å². The molecular weight excluding hydrogens is 300 g/mol. The van der Waals surface area contributed by atoms with Gasteiger partial charge in [0.25, 0.3) is 0 Å². The number of carbonyl (C=O) groups is 1. The second kappa shape index (κ2) is 8.51. The summed E-state index contributed by atoms with van der Waals surface area (Å²) in [6.45, 7) is 2.35. The van der Waals surface area contributed by atoms with Crippen molar-refractivity contribution in [3.8, 4) is 0 Å². The fourth-order valence-corrected chi connectivity index (χ4v) is 4.50. The van der Waals surface area contributed by atoms with E-state index < -0.39 is 0 Å². The van der Waals surface area contributed by atoms with Gasteiger partial charge in [0.2, 0.25) is 5.91 Å². The Morgan fingerprint density at radius 3 is 2.45 bits per heavy atom. The molecule has 3 aliphatic rings. The molecule has 2 aliphatic carbocycles. The number of rotatable bonds is 5. The minimum Gasteiger partial charge on any atom is -0.376 e. The Bertz CT molecular complexity index is 355. The highest BCUT2D eigenvalue weighted by atomic mass is 35.5. The zero-order valence-corrected chi connectivity index (χ0v) is 14.4. The Morgan fingerprint density at radius 2 is 1.82 bits per heavy atom. The smallest absolute Gasteiger partial charge is 0.226 e. The summed E-state index contributed by atoms with van der Waals surface area (Å²) in [5.41, 5.74) is 5.88. The molecule has 0 radical (unpaired) electrons. The maximum absolute atomic E-state index is 13.1. The summed E-state index contributed by atoms with van der Waals surface area (Å²) in [7, 11) is 0. The lowest BCUT2D eigenvalue weighted by molar-refractivity contribution is -0.140. The maximum Gasteiger partial charge on any atom is 0.226 e. The number of nitrogens with two attached hydrogens (primary N) is 1. The molecule has 0 spiro atoms. The lowest BCUT2D eigenvalue weighted by Gasteiger charge is -2.34. The first-order valence-electron chi connectivity index (χ1n) is 8.91. The number of ether oxygens (including phenoxy) is 1. The number of nitrogens with zero attached hydrogens (tertiary/aromatic N) is 1. The third kappa shape index (κ3) is 3.95. The van der Waals surface area contributed by atoms with Gasteiger partial charge in [0, 0.05) is 25.1 Å². The van der Waals surface area contributed by atoms with Crippen LogP contribution in [0.3, 0.4) is 0 Å². The zero-order valence-electron chi connectivity index (χ0n) is 13.5. The third-order valence-electron chi connectivity index (χ3n) is 5.75. The monoisotopic (exact) mass is 330 g/mol. The average molecular weight is 331 g/mol. The molecule has 1 unspecified atom stereocenters. The van der Waals surface area contributed by atoms with Crippen LogP contribution < -0.4 is 5.73 Å². The van der Waals surface area contributed by atoms with Crippen molar-refractivity contribution in [3.63, 3.8) is 0 Å². The van der Waals surface area contributed by atoms with Crippen LogP contribution in [0, 0.1) is 11.8 Å². The van der Waals surface area contributed by atoms with Crippen molar-refractivity contribution in [1.82, 2.24) is 4.90 Å². The van der Waals surface area contributed by atoms with Gasteiger partial charge in [0.1, 0.15) is 0 Å². The highest BCUT2D eigenvalue weighted by molar-refractivity contribution is 5.85. The van der Waals surface area contributed by atoms with Crippen LogP contribution in [0.2, 0.25) is 0 Å². The predicted molar refractivity (Wildman–Crippen MR) is 90.1 cm³/mol. The van der Waals surface area contributed by atoms with E-state index in [2.05, 4.69) is 4.90 Å². The molecule has 1 aliphatic heterocycles. The molecule has 1 heterocycles. The van der Waals surface area contributed by atoms with E-state index in [-0.39, 0.29) is 24.4 Å². The van der Waals surface area contributed by atoms with Crippen LogP contribution in [0.4, 0.5) is 0 Å². The average Bonchev–Trinajstić information content (AvgIpc) is 3.25. The van der Waals surface area contributed by atoms with Gasteiger partial charge in [-0.05, 0) is 51.0 Å². The van der Waals surface area contributed by atoms with E-state index >= 15 is 0 Å². The third-order valence-corrected chi connectivity index (χ3v) is 5.75. The molecule has 0 bridgehead atoms. The number of halogens is 1. The summed E-state index contributed by atoms with van der Waals surface area (Å²) < 4.78 is 5.79. The molecule has 1 saturated heterocycles. The van der Waals surface area contributed by atoms with Crippen molar-refractivity contribution >= 4 is 18.3 Å². The predicted octanol–water partition coefficient (Wildman–Crippen LogP) is 2.73. The molecule has 3 fully saturated rings. The van der Waals surface area contributed by atoms with Gasteiger partial charge in [0.05, 0.1) is 6.10 Å². The SMILES string of the molecule is Cl.NC[C@H]1CCC[C@H]1C(=O)N(CC1CCCO1)C1CCCC1. The van der Waals surface area contributed by atoms with Crippen molar-refractivity contribution in [3.05, 3.63) is 0 Å². The number of carbonyl (C=O) groups excluding carboxylic acids is 1. The van der Waals surface area contributed by atoms with Gasteiger partial charge in [-0.2, -0.15) is 0 Å². The highest BCUT2D eigenvalue weighted by Crippen LogP contribution is 2.35. The molecule has 2 saturated carbocycles. The quantitative estimate of drug-likeness (QED) is 0.843.